The molecule has 0 radical (unpaired) electrons. The molecule has 0 atom stereocenters. The highest BCUT2D eigenvalue weighted by Crippen LogP contribution is 2.30. The van der Waals surface area contributed by atoms with Crippen molar-refractivity contribution in [1.82, 2.24) is 5.32 Å². The second-order valence-electron chi connectivity index (χ2n) is 5.84. The van der Waals surface area contributed by atoms with Crippen molar-refractivity contribution in [2.24, 2.45) is 0 Å². The van der Waals surface area contributed by atoms with Gasteiger partial charge in [-0.2, -0.15) is 0 Å². The zero-order valence-corrected chi connectivity index (χ0v) is 14.2. The molecule has 2 amide bonds. The molecule has 0 saturated heterocycles. The monoisotopic (exact) mass is 337 g/mol. The van der Waals surface area contributed by atoms with Crippen molar-refractivity contribution in [3.8, 4) is 0 Å². The van der Waals surface area contributed by atoms with Crippen molar-refractivity contribution in [3.05, 3.63) is 77.8 Å². The number of benzene rings is 2. The highest BCUT2D eigenvalue weighted by Gasteiger charge is 2.14. The molecule has 0 spiro atoms. The van der Waals surface area contributed by atoms with Crippen LogP contribution in [0.3, 0.4) is 0 Å². The van der Waals surface area contributed by atoms with E-state index < -0.39 is 0 Å². The molecule has 1 aliphatic rings. The van der Waals surface area contributed by atoms with Crippen LogP contribution in [-0.2, 0) is 0 Å². The lowest BCUT2D eigenvalue weighted by atomic mass is 9.97. The third-order valence-electron chi connectivity index (χ3n) is 4.12. The average Bonchev–Trinajstić information content (AvgIpc) is 2.63. The second-order valence-corrected chi connectivity index (χ2v) is 5.84. The van der Waals surface area contributed by atoms with E-state index in [1.54, 1.807) is 19.2 Å². The number of anilines is 2. The summed E-state index contributed by atoms with van der Waals surface area (Å²) in [7, 11) is 1.58. The Labute approximate surface area is 146 Å². The minimum atomic E-state index is -0.255. The van der Waals surface area contributed by atoms with Crippen molar-refractivity contribution in [3.63, 3.8) is 0 Å². The van der Waals surface area contributed by atoms with Crippen molar-refractivity contribution >= 4 is 23.0 Å². The Balaban J connectivity index is 1.89. The lowest BCUT2D eigenvalue weighted by molar-refractivity contribution is 0.254. The van der Waals surface area contributed by atoms with Gasteiger partial charge in [-0.25, -0.2) is 9.18 Å². The SMILES string of the molecule is CNC(=O)Nc1cccc(N2C=C(c3ccc(F)cc3)C(C)=CC2)c1. The summed E-state index contributed by atoms with van der Waals surface area (Å²) >= 11 is 0. The zero-order chi connectivity index (χ0) is 17.8. The summed E-state index contributed by atoms with van der Waals surface area (Å²) in [5.74, 6) is -0.244. The maximum Gasteiger partial charge on any atom is 0.318 e. The Bertz CT molecular complexity index is 840. The molecule has 4 nitrogen and oxygen atoms in total. The number of halogens is 1. The highest BCUT2D eigenvalue weighted by molar-refractivity contribution is 5.90. The van der Waals surface area contributed by atoms with E-state index >= 15 is 0 Å². The van der Waals surface area contributed by atoms with Gasteiger partial charge in [0.15, 0.2) is 0 Å². The maximum absolute atomic E-state index is 13.2. The summed E-state index contributed by atoms with van der Waals surface area (Å²) in [6, 6.07) is 13.9. The van der Waals surface area contributed by atoms with Crippen LogP contribution >= 0.6 is 0 Å². The lowest BCUT2D eigenvalue weighted by Gasteiger charge is -2.26. The number of carbonyl (C=O) groups excluding carboxylic acids is 1. The molecule has 2 aromatic carbocycles. The van der Waals surface area contributed by atoms with Gasteiger partial charge in [-0.1, -0.05) is 24.3 Å². The number of hydrogen-bond donors (Lipinski definition) is 2. The number of hydrogen-bond acceptors (Lipinski definition) is 2. The smallest absolute Gasteiger partial charge is 0.318 e. The van der Waals surface area contributed by atoms with Crippen LogP contribution in [-0.4, -0.2) is 19.6 Å². The van der Waals surface area contributed by atoms with Gasteiger partial charge in [0.1, 0.15) is 5.82 Å². The summed E-state index contributed by atoms with van der Waals surface area (Å²) in [6.07, 6.45) is 4.19. The molecule has 128 valence electrons. The number of nitrogens with zero attached hydrogens (tertiary/aromatic N) is 1. The molecular formula is C20H20FN3O. The number of urea groups is 1. The fraction of sp³-hybridized carbons (Fsp3) is 0.150. The van der Waals surface area contributed by atoms with Crippen LogP contribution in [0.1, 0.15) is 12.5 Å². The van der Waals surface area contributed by atoms with Crippen LogP contribution in [0.2, 0.25) is 0 Å². The molecule has 3 rings (SSSR count). The van der Waals surface area contributed by atoms with Crippen LogP contribution in [0, 0.1) is 5.82 Å². The van der Waals surface area contributed by atoms with Crippen LogP contribution in [0.5, 0.6) is 0 Å². The molecule has 25 heavy (non-hydrogen) atoms. The second kappa shape index (κ2) is 7.21. The number of amides is 2. The lowest BCUT2D eigenvalue weighted by Crippen LogP contribution is -2.25. The molecule has 0 aliphatic carbocycles. The topological polar surface area (TPSA) is 44.4 Å². The first kappa shape index (κ1) is 16.8. The van der Waals surface area contributed by atoms with Gasteiger partial charge in [-0.3, -0.25) is 0 Å². The van der Waals surface area contributed by atoms with E-state index in [0.29, 0.717) is 0 Å². The molecule has 0 unspecified atom stereocenters. The van der Waals surface area contributed by atoms with E-state index in [1.165, 1.54) is 12.1 Å². The van der Waals surface area contributed by atoms with Gasteiger partial charge in [0.2, 0.25) is 0 Å². The summed E-state index contributed by atoms with van der Waals surface area (Å²) in [5.41, 5.74) is 4.87. The first-order valence-corrected chi connectivity index (χ1v) is 8.07. The van der Waals surface area contributed by atoms with Gasteiger partial charge in [0.05, 0.1) is 0 Å². The van der Waals surface area contributed by atoms with E-state index in [-0.39, 0.29) is 11.8 Å². The predicted octanol–water partition coefficient (Wildman–Crippen LogP) is 4.38. The van der Waals surface area contributed by atoms with E-state index in [2.05, 4.69) is 34.7 Å². The largest absolute Gasteiger partial charge is 0.343 e. The van der Waals surface area contributed by atoms with E-state index in [9.17, 15) is 9.18 Å². The molecular weight excluding hydrogens is 317 g/mol. The summed E-state index contributed by atoms with van der Waals surface area (Å²) < 4.78 is 13.2. The third kappa shape index (κ3) is 3.88. The van der Waals surface area contributed by atoms with Crippen molar-refractivity contribution in [1.29, 1.82) is 0 Å². The van der Waals surface area contributed by atoms with Gasteiger partial charge in [0, 0.05) is 36.7 Å². The fourth-order valence-corrected chi connectivity index (χ4v) is 2.72. The molecule has 0 aromatic heterocycles. The highest BCUT2D eigenvalue weighted by atomic mass is 19.1. The quantitative estimate of drug-likeness (QED) is 0.873. The number of rotatable bonds is 3. The Morgan fingerprint density at radius 1 is 1.16 bits per heavy atom. The summed E-state index contributed by atoms with van der Waals surface area (Å²) in [5, 5.41) is 5.31. The van der Waals surface area contributed by atoms with Crippen LogP contribution in [0.25, 0.3) is 5.57 Å². The van der Waals surface area contributed by atoms with Gasteiger partial charge < -0.3 is 15.5 Å². The molecule has 2 aromatic rings. The standard InChI is InChI=1S/C20H20FN3O/c1-14-10-11-24(13-19(14)15-6-8-16(21)9-7-15)18-5-3-4-17(12-18)23-20(25)22-2/h3-10,12-13H,11H2,1-2H3,(H2,22,23,25). The maximum atomic E-state index is 13.2. The minimum absolute atomic E-state index is 0.244. The van der Waals surface area contributed by atoms with Crippen LogP contribution in [0.15, 0.2) is 66.4 Å². The van der Waals surface area contributed by atoms with Crippen molar-refractivity contribution < 1.29 is 9.18 Å². The number of carbonyl (C=O) groups is 1. The average molecular weight is 337 g/mol. The molecule has 2 N–H and O–H groups in total. The first-order valence-electron chi connectivity index (χ1n) is 8.07. The Kier molecular flexibility index (Phi) is 4.84. The molecule has 0 bridgehead atoms. The number of nitrogens with one attached hydrogen (secondary N) is 2. The third-order valence-corrected chi connectivity index (χ3v) is 4.12. The predicted molar refractivity (Wildman–Crippen MR) is 100 cm³/mol. The molecule has 1 heterocycles. The van der Waals surface area contributed by atoms with E-state index in [1.807, 2.05) is 24.3 Å². The van der Waals surface area contributed by atoms with Gasteiger partial charge >= 0.3 is 6.03 Å². The van der Waals surface area contributed by atoms with Gasteiger partial charge in [-0.15, -0.1) is 0 Å². The molecule has 0 saturated carbocycles. The summed E-state index contributed by atoms with van der Waals surface area (Å²) in [4.78, 5) is 13.6. The minimum Gasteiger partial charge on any atom is -0.343 e. The van der Waals surface area contributed by atoms with Crippen LogP contribution in [0.4, 0.5) is 20.6 Å². The fourth-order valence-electron chi connectivity index (χ4n) is 2.72. The van der Waals surface area contributed by atoms with E-state index in [4.69, 9.17) is 0 Å². The Hall–Kier alpha value is -3.08. The van der Waals surface area contributed by atoms with Crippen molar-refractivity contribution in [2.45, 2.75) is 6.92 Å². The first-order chi connectivity index (χ1) is 12.1. The Morgan fingerprint density at radius 2 is 1.92 bits per heavy atom. The summed E-state index contributed by atoms with van der Waals surface area (Å²) in [6.45, 7) is 2.79. The van der Waals surface area contributed by atoms with Gasteiger partial charge in [-0.05, 0) is 48.4 Å². The van der Waals surface area contributed by atoms with Crippen LogP contribution < -0.4 is 15.5 Å². The molecule has 0 fully saturated rings. The molecule has 1 aliphatic heterocycles. The molecule has 5 heteroatoms. The number of allylic oxidation sites excluding steroid dienone is 2. The van der Waals surface area contributed by atoms with E-state index in [0.717, 1.165) is 34.6 Å². The van der Waals surface area contributed by atoms with Gasteiger partial charge in [0.25, 0.3) is 0 Å². The normalized spacial score (nSPS) is 13.8. The van der Waals surface area contributed by atoms with Crippen molar-refractivity contribution in [2.75, 3.05) is 23.8 Å². The Morgan fingerprint density at radius 3 is 2.64 bits per heavy atom. The zero-order valence-electron chi connectivity index (χ0n) is 14.2.